The van der Waals surface area contributed by atoms with Crippen molar-refractivity contribution < 1.29 is 0 Å². The van der Waals surface area contributed by atoms with Crippen molar-refractivity contribution in [3.05, 3.63) is 29.8 Å². The van der Waals surface area contributed by atoms with Crippen molar-refractivity contribution in [2.45, 2.75) is 54.9 Å². The zero-order valence-electron chi connectivity index (χ0n) is 12.7. The molecule has 0 radical (unpaired) electrons. The Kier molecular flexibility index (Phi) is 2.95. The molecule has 21 heavy (non-hydrogen) atoms. The molecule has 5 aliphatic rings. The number of rotatable bonds is 3. The first-order chi connectivity index (χ1) is 10.3. The summed E-state index contributed by atoms with van der Waals surface area (Å²) in [4.78, 5) is 1.52. The maximum Gasteiger partial charge on any atom is 0.0189 e. The van der Waals surface area contributed by atoms with Crippen LogP contribution in [-0.4, -0.2) is 17.8 Å². The molecule has 0 aromatic heterocycles. The Hall–Kier alpha value is -0.470. The average molecular weight is 299 g/mol. The number of benzene rings is 1. The van der Waals surface area contributed by atoms with E-state index in [1.165, 1.54) is 36.5 Å². The summed E-state index contributed by atoms with van der Waals surface area (Å²) in [6.07, 6.45) is 9.05. The zero-order chi connectivity index (χ0) is 13.9. The lowest BCUT2D eigenvalue weighted by Crippen LogP contribution is -2.59. The van der Waals surface area contributed by atoms with Gasteiger partial charge in [0.2, 0.25) is 0 Å². The average Bonchev–Trinajstić information content (AvgIpc) is 2.87. The van der Waals surface area contributed by atoms with E-state index in [4.69, 9.17) is 0 Å². The smallest absolute Gasteiger partial charge is 0.0189 e. The Bertz CT molecular complexity index is 517. The highest BCUT2D eigenvalue weighted by Gasteiger charge is 2.50. The van der Waals surface area contributed by atoms with Crippen molar-refractivity contribution in [1.29, 1.82) is 0 Å². The van der Waals surface area contributed by atoms with Gasteiger partial charge in [0, 0.05) is 28.6 Å². The molecule has 0 spiro atoms. The minimum atomic E-state index is 0.525. The maximum atomic E-state index is 4.10. The Morgan fingerprint density at radius 3 is 2.38 bits per heavy atom. The highest BCUT2D eigenvalue weighted by molar-refractivity contribution is 7.99. The van der Waals surface area contributed by atoms with Crippen molar-refractivity contribution in [1.82, 2.24) is 5.32 Å². The largest absolute Gasteiger partial charge is 0.311 e. The Morgan fingerprint density at radius 2 is 1.67 bits per heavy atom. The van der Waals surface area contributed by atoms with Gasteiger partial charge in [-0.1, -0.05) is 18.2 Å². The second kappa shape index (κ2) is 4.76. The highest BCUT2D eigenvalue weighted by Crippen LogP contribution is 2.55. The third-order valence-corrected chi connectivity index (χ3v) is 7.81. The zero-order valence-corrected chi connectivity index (χ0v) is 13.5. The van der Waals surface area contributed by atoms with Crippen molar-refractivity contribution in [3.8, 4) is 0 Å². The van der Waals surface area contributed by atoms with Crippen LogP contribution in [-0.2, 0) is 0 Å². The van der Waals surface area contributed by atoms with Gasteiger partial charge in [-0.2, -0.15) is 0 Å². The predicted octanol–water partition coefficient (Wildman–Crippen LogP) is 4.43. The van der Waals surface area contributed by atoms with E-state index < -0.39 is 0 Å². The Morgan fingerprint density at radius 1 is 1.00 bits per heavy atom. The van der Waals surface area contributed by atoms with Gasteiger partial charge < -0.3 is 5.32 Å². The molecule has 1 aliphatic heterocycles. The van der Waals surface area contributed by atoms with Crippen LogP contribution in [0.2, 0.25) is 0 Å². The van der Waals surface area contributed by atoms with E-state index in [2.05, 4.69) is 41.3 Å². The summed E-state index contributed by atoms with van der Waals surface area (Å²) in [6, 6.07) is 9.04. The maximum absolute atomic E-state index is 4.10. The van der Waals surface area contributed by atoms with Crippen molar-refractivity contribution in [2.75, 3.05) is 12.3 Å². The van der Waals surface area contributed by atoms with E-state index in [1.54, 1.807) is 24.8 Å². The summed E-state index contributed by atoms with van der Waals surface area (Å²) in [5.41, 5.74) is 2.12. The van der Waals surface area contributed by atoms with E-state index in [1.807, 2.05) is 0 Å². The molecule has 4 fully saturated rings. The van der Waals surface area contributed by atoms with Crippen LogP contribution >= 0.6 is 11.8 Å². The van der Waals surface area contributed by atoms with Crippen LogP contribution in [0.1, 0.15) is 50.0 Å². The predicted molar refractivity (Wildman–Crippen MR) is 88.8 cm³/mol. The SMILES string of the molecule is c1ccc2c(c1)SCC2CNC12CC3CC(CC(C3)C1)C2. The molecule has 2 heteroatoms. The van der Waals surface area contributed by atoms with Gasteiger partial charge in [-0.25, -0.2) is 0 Å². The van der Waals surface area contributed by atoms with E-state index in [0.29, 0.717) is 5.54 Å². The molecule has 1 aromatic rings. The lowest BCUT2D eigenvalue weighted by molar-refractivity contribution is -0.0199. The summed E-state index contributed by atoms with van der Waals surface area (Å²) in [7, 11) is 0. The fourth-order valence-electron chi connectivity index (χ4n) is 6.07. The molecule has 0 amide bonds. The monoisotopic (exact) mass is 299 g/mol. The lowest BCUT2D eigenvalue weighted by Gasteiger charge is -2.57. The quantitative estimate of drug-likeness (QED) is 0.886. The second-order valence-electron chi connectivity index (χ2n) is 8.12. The van der Waals surface area contributed by atoms with Crippen LogP contribution in [0.4, 0.5) is 0 Å². The van der Waals surface area contributed by atoms with E-state index in [-0.39, 0.29) is 0 Å². The molecule has 1 atom stereocenters. The van der Waals surface area contributed by atoms with Crippen LogP contribution in [0.5, 0.6) is 0 Å². The van der Waals surface area contributed by atoms with Gasteiger partial charge in [-0.3, -0.25) is 0 Å². The molecule has 1 N–H and O–H groups in total. The molecule has 1 nitrogen and oxygen atoms in total. The van der Waals surface area contributed by atoms with E-state index in [9.17, 15) is 0 Å². The van der Waals surface area contributed by atoms with Gasteiger partial charge in [0.1, 0.15) is 0 Å². The fourth-order valence-corrected chi connectivity index (χ4v) is 7.32. The number of nitrogens with one attached hydrogen (secondary N) is 1. The molecule has 1 aromatic carbocycles. The minimum absolute atomic E-state index is 0.525. The molecule has 1 unspecified atom stereocenters. The van der Waals surface area contributed by atoms with Crippen molar-refractivity contribution in [2.24, 2.45) is 17.8 Å². The molecule has 6 rings (SSSR count). The first-order valence-corrected chi connectivity index (χ1v) is 9.75. The van der Waals surface area contributed by atoms with Crippen molar-refractivity contribution >= 4 is 11.8 Å². The molecular weight excluding hydrogens is 274 g/mol. The van der Waals surface area contributed by atoms with E-state index >= 15 is 0 Å². The van der Waals surface area contributed by atoms with E-state index in [0.717, 1.165) is 23.7 Å². The van der Waals surface area contributed by atoms with Crippen LogP contribution in [0.25, 0.3) is 0 Å². The van der Waals surface area contributed by atoms with Crippen LogP contribution < -0.4 is 5.32 Å². The number of hydrogen-bond acceptors (Lipinski definition) is 2. The first-order valence-electron chi connectivity index (χ1n) is 8.76. The normalized spacial score (nSPS) is 43.2. The van der Waals surface area contributed by atoms with Gasteiger partial charge >= 0.3 is 0 Å². The van der Waals surface area contributed by atoms with Crippen LogP contribution in [0.15, 0.2) is 29.2 Å². The molecule has 4 bridgehead atoms. The Balaban J connectivity index is 1.31. The first kappa shape index (κ1) is 13.0. The van der Waals surface area contributed by atoms with Gasteiger partial charge in [-0.15, -0.1) is 11.8 Å². The van der Waals surface area contributed by atoms with Gasteiger partial charge in [0.05, 0.1) is 0 Å². The fraction of sp³-hybridized carbons (Fsp3) is 0.684. The Labute approximate surface area is 132 Å². The molecule has 112 valence electrons. The summed E-state index contributed by atoms with van der Waals surface area (Å²) >= 11 is 2.05. The second-order valence-corrected chi connectivity index (χ2v) is 9.19. The molecule has 4 saturated carbocycles. The topological polar surface area (TPSA) is 12.0 Å². The lowest BCUT2D eigenvalue weighted by atomic mass is 9.53. The summed E-state index contributed by atoms with van der Waals surface area (Å²) in [6.45, 7) is 1.20. The summed E-state index contributed by atoms with van der Waals surface area (Å²) in [5.74, 6) is 5.16. The third-order valence-electron chi connectivity index (χ3n) is 6.56. The van der Waals surface area contributed by atoms with Gasteiger partial charge in [0.15, 0.2) is 0 Å². The van der Waals surface area contributed by atoms with Gasteiger partial charge in [-0.05, 0) is 67.9 Å². The number of thioether (sulfide) groups is 1. The van der Waals surface area contributed by atoms with Crippen LogP contribution in [0, 0.1) is 17.8 Å². The number of hydrogen-bond donors (Lipinski definition) is 1. The molecule has 0 saturated heterocycles. The van der Waals surface area contributed by atoms with Crippen molar-refractivity contribution in [3.63, 3.8) is 0 Å². The molecule has 4 aliphatic carbocycles. The highest BCUT2D eigenvalue weighted by atomic mass is 32.2. The molecular formula is C19H25NS. The standard InChI is InChI=1S/C19H25NS/c1-2-4-18-17(3-1)16(12-21-18)11-20-19-8-13-5-14(9-19)7-15(6-13)10-19/h1-4,13-16,20H,5-12H2. The summed E-state index contributed by atoms with van der Waals surface area (Å²) in [5, 5.41) is 4.10. The van der Waals surface area contributed by atoms with Gasteiger partial charge in [0.25, 0.3) is 0 Å². The molecule has 1 heterocycles. The third kappa shape index (κ3) is 2.17. The minimum Gasteiger partial charge on any atom is -0.311 e. The summed E-state index contributed by atoms with van der Waals surface area (Å²) < 4.78 is 0. The number of fused-ring (bicyclic) bond motifs is 1. The van der Waals surface area contributed by atoms with Crippen LogP contribution in [0.3, 0.4) is 0 Å².